The summed E-state index contributed by atoms with van der Waals surface area (Å²) in [6.07, 6.45) is 0.883. The Morgan fingerprint density at radius 1 is 1.00 bits per heavy atom. The van der Waals surface area contributed by atoms with E-state index in [0.717, 1.165) is 24.3 Å². The maximum atomic E-state index is 9.20. The highest BCUT2D eigenvalue weighted by molar-refractivity contribution is 5.89. The molecule has 5 nitrogen and oxygen atoms in total. The van der Waals surface area contributed by atoms with E-state index < -0.39 is 0 Å². The number of phenolic OH excluding ortho intramolecular Hbond substituents is 1. The first kappa shape index (κ1) is 13.7. The van der Waals surface area contributed by atoms with Crippen molar-refractivity contribution in [3.05, 3.63) is 54.1 Å². The van der Waals surface area contributed by atoms with E-state index in [9.17, 15) is 5.11 Å². The zero-order valence-electron chi connectivity index (χ0n) is 11.1. The molecule has 5 heteroatoms. The maximum Gasteiger partial charge on any atom is 0.190 e. The summed E-state index contributed by atoms with van der Waals surface area (Å²) in [5, 5.41) is 22.4. The summed E-state index contributed by atoms with van der Waals surface area (Å²) in [5.41, 5.74) is 8.23. The van der Waals surface area contributed by atoms with E-state index in [-0.39, 0.29) is 11.7 Å². The number of guanidine groups is 1. The molecule has 2 aromatic carbocycles. The second-order valence-corrected chi connectivity index (χ2v) is 4.46. The van der Waals surface area contributed by atoms with Gasteiger partial charge < -0.3 is 21.5 Å². The van der Waals surface area contributed by atoms with Crippen LogP contribution in [0, 0.1) is 5.41 Å². The number of nitrogens with two attached hydrogens (primary N) is 1. The third-order valence-electron chi connectivity index (χ3n) is 2.84. The molecule has 0 spiro atoms. The Kier molecular flexibility index (Phi) is 4.44. The molecule has 0 heterocycles. The quantitative estimate of drug-likeness (QED) is 0.426. The van der Waals surface area contributed by atoms with Gasteiger partial charge in [0.1, 0.15) is 5.75 Å². The average Bonchev–Trinajstić information content (AvgIpc) is 2.42. The van der Waals surface area contributed by atoms with E-state index in [2.05, 4.69) is 10.6 Å². The molecule has 0 aliphatic carbocycles. The molecule has 2 aromatic rings. The number of benzene rings is 2. The molecule has 104 valence electrons. The summed E-state index contributed by atoms with van der Waals surface area (Å²) in [6.45, 7) is 0.810. The number of aromatic hydroxyl groups is 1. The minimum atomic E-state index is -0.0713. The minimum absolute atomic E-state index is 0.0713. The molecule has 0 bridgehead atoms. The van der Waals surface area contributed by atoms with E-state index >= 15 is 0 Å². The van der Waals surface area contributed by atoms with Gasteiger partial charge in [-0.1, -0.05) is 12.1 Å². The Morgan fingerprint density at radius 2 is 1.60 bits per heavy atom. The van der Waals surface area contributed by atoms with E-state index in [1.54, 1.807) is 12.1 Å². The van der Waals surface area contributed by atoms with Crippen molar-refractivity contribution < 1.29 is 5.11 Å². The van der Waals surface area contributed by atoms with Crippen LogP contribution in [0.5, 0.6) is 5.75 Å². The fraction of sp³-hybridized carbons (Fsp3) is 0.133. The molecular formula is C15H18N4O. The number of rotatable bonds is 5. The average molecular weight is 270 g/mol. The first-order chi connectivity index (χ1) is 9.63. The largest absolute Gasteiger partial charge is 0.508 e. The Labute approximate surface area is 118 Å². The summed E-state index contributed by atoms with van der Waals surface area (Å²) < 4.78 is 0. The van der Waals surface area contributed by atoms with Crippen LogP contribution >= 0.6 is 0 Å². The molecule has 0 aliphatic rings. The number of phenols is 1. The van der Waals surface area contributed by atoms with Crippen molar-refractivity contribution in [1.82, 2.24) is 0 Å². The van der Waals surface area contributed by atoms with Gasteiger partial charge in [-0.05, 0) is 48.4 Å². The molecule has 0 unspecified atom stereocenters. The summed E-state index contributed by atoms with van der Waals surface area (Å²) in [5.74, 6) is 0.216. The summed E-state index contributed by atoms with van der Waals surface area (Å²) in [6, 6.07) is 14.8. The fourth-order valence-corrected chi connectivity index (χ4v) is 1.84. The zero-order valence-corrected chi connectivity index (χ0v) is 11.1. The van der Waals surface area contributed by atoms with Crippen molar-refractivity contribution in [2.24, 2.45) is 5.73 Å². The van der Waals surface area contributed by atoms with E-state index in [4.69, 9.17) is 11.1 Å². The van der Waals surface area contributed by atoms with Gasteiger partial charge in [-0.25, -0.2) is 0 Å². The Hall–Kier alpha value is -2.69. The summed E-state index contributed by atoms with van der Waals surface area (Å²) in [4.78, 5) is 0. The smallest absolute Gasteiger partial charge is 0.190 e. The number of nitrogens with one attached hydrogen (secondary N) is 3. The summed E-state index contributed by atoms with van der Waals surface area (Å²) in [7, 11) is 0. The molecule has 6 N–H and O–H groups in total. The van der Waals surface area contributed by atoms with Gasteiger partial charge in [-0.2, -0.15) is 0 Å². The van der Waals surface area contributed by atoms with Crippen LogP contribution in [0.1, 0.15) is 5.56 Å². The molecule has 0 fully saturated rings. The van der Waals surface area contributed by atoms with Gasteiger partial charge in [-0.3, -0.25) is 5.41 Å². The van der Waals surface area contributed by atoms with Crippen LogP contribution in [-0.4, -0.2) is 17.6 Å². The second kappa shape index (κ2) is 6.47. The molecule has 0 saturated carbocycles. The summed E-state index contributed by atoms with van der Waals surface area (Å²) >= 11 is 0. The molecule has 0 aliphatic heterocycles. The fourth-order valence-electron chi connectivity index (χ4n) is 1.84. The van der Waals surface area contributed by atoms with Gasteiger partial charge in [0.15, 0.2) is 5.96 Å². The van der Waals surface area contributed by atoms with Gasteiger partial charge in [0.2, 0.25) is 0 Å². The molecular weight excluding hydrogens is 252 g/mol. The molecule has 0 radical (unpaired) electrons. The SMILES string of the molecule is N=C(N)Nc1ccc(NCCc2ccc(O)cc2)cc1. The van der Waals surface area contributed by atoms with Gasteiger partial charge in [-0.15, -0.1) is 0 Å². The number of anilines is 2. The molecule has 0 saturated heterocycles. The lowest BCUT2D eigenvalue weighted by Crippen LogP contribution is -2.20. The molecule has 20 heavy (non-hydrogen) atoms. The van der Waals surface area contributed by atoms with Crippen molar-refractivity contribution in [2.45, 2.75) is 6.42 Å². The highest BCUT2D eigenvalue weighted by atomic mass is 16.3. The lowest BCUT2D eigenvalue weighted by atomic mass is 10.1. The van der Waals surface area contributed by atoms with Gasteiger partial charge >= 0.3 is 0 Å². The van der Waals surface area contributed by atoms with E-state index in [1.807, 2.05) is 36.4 Å². The number of hydrogen-bond donors (Lipinski definition) is 5. The van der Waals surface area contributed by atoms with Crippen LogP contribution in [-0.2, 0) is 6.42 Å². The van der Waals surface area contributed by atoms with Crippen LogP contribution in [0.15, 0.2) is 48.5 Å². The van der Waals surface area contributed by atoms with Crippen LogP contribution in [0.3, 0.4) is 0 Å². The van der Waals surface area contributed by atoms with Gasteiger partial charge in [0.25, 0.3) is 0 Å². The highest BCUT2D eigenvalue weighted by Gasteiger charge is 1.96. The van der Waals surface area contributed by atoms with Crippen LogP contribution in [0.25, 0.3) is 0 Å². The topological polar surface area (TPSA) is 94.2 Å². The van der Waals surface area contributed by atoms with Crippen LogP contribution in [0.2, 0.25) is 0 Å². The Morgan fingerprint density at radius 3 is 2.20 bits per heavy atom. The van der Waals surface area contributed by atoms with Crippen molar-refractivity contribution in [3.8, 4) is 5.75 Å². The van der Waals surface area contributed by atoms with Crippen molar-refractivity contribution in [3.63, 3.8) is 0 Å². The lowest BCUT2D eigenvalue weighted by Gasteiger charge is -2.08. The molecule has 0 aromatic heterocycles. The van der Waals surface area contributed by atoms with E-state index in [0.29, 0.717) is 0 Å². The standard InChI is InChI=1S/C15H18N4O/c16-15(17)19-13-5-3-12(4-6-13)18-10-9-11-1-7-14(20)8-2-11/h1-8,18,20H,9-10H2,(H4,16,17,19). The first-order valence-electron chi connectivity index (χ1n) is 6.36. The third kappa shape index (κ3) is 4.20. The Balaban J connectivity index is 1.82. The normalized spacial score (nSPS) is 10.0. The van der Waals surface area contributed by atoms with Crippen molar-refractivity contribution >= 4 is 17.3 Å². The highest BCUT2D eigenvalue weighted by Crippen LogP contribution is 2.14. The maximum absolute atomic E-state index is 9.20. The van der Waals surface area contributed by atoms with Crippen LogP contribution in [0.4, 0.5) is 11.4 Å². The lowest BCUT2D eigenvalue weighted by molar-refractivity contribution is 0.475. The molecule has 0 amide bonds. The predicted octanol–water partition coefficient (Wildman–Crippen LogP) is 2.35. The third-order valence-corrected chi connectivity index (χ3v) is 2.84. The monoisotopic (exact) mass is 270 g/mol. The molecule has 0 atom stereocenters. The van der Waals surface area contributed by atoms with Gasteiger partial charge in [0, 0.05) is 17.9 Å². The van der Waals surface area contributed by atoms with Gasteiger partial charge in [0.05, 0.1) is 0 Å². The predicted molar refractivity (Wildman–Crippen MR) is 82.3 cm³/mol. The zero-order chi connectivity index (χ0) is 14.4. The van der Waals surface area contributed by atoms with E-state index in [1.165, 1.54) is 5.56 Å². The van der Waals surface area contributed by atoms with Crippen molar-refractivity contribution in [2.75, 3.05) is 17.2 Å². The van der Waals surface area contributed by atoms with Crippen LogP contribution < -0.4 is 16.4 Å². The number of hydrogen-bond acceptors (Lipinski definition) is 3. The molecule has 2 rings (SSSR count). The van der Waals surface area contributed by atoms with Crippen molar-refractivity contribution in [1.29, 1.82) is 5.41 Å². The first-order valence-corrected chi connectivity index (χ1v) is 6.36. The minimum Gasteiger partial charge on any atom is -0.508 e. The Bertz CT molecular complexity index is 563. The second-order valence-electron chi connectivity index (χ2n) is 4.46.